The van der Waals surface area contributed by atoms with E-state index in [1.165, 1.54) is 6.21 Å². The number of hydrogen-bond donors (Lipinski definition) is 2. The molecule has 0 bridgehead atoms. The lowest BCUT2D eigenvalue weighted by atomic mass is 10.2. The smallest absolute Gasteiger partial charge is 0.341 e. The first-order valence-corrected chi connectivity index (χ1v) is 11.2. The van der Waals surface area contributed by atoms with E-state index in [9.17, 15) is 9.59 Å². The zero-order chi connectivity index (χ0) is 24.2. The van der Waals surface area contributed by atoms with Gasteiger partial charge >= 0.3 is 5.97 Å². The fourth-order valence-electron chi connectivity index (χ4n) is 2.68. The van der Waals surface area contributed by atoms with Gasteiger partial charge in [-0.1, -0.05) is 6.92 Å². The van der Waals surface area contributed by atoms with Crippen LogP contribution >= 0.6 is 15.9 Å². The Hall–Kier alpha value is -3.27. The number of carbonyl (C=O) groups is 2. The van der Waals surface area contributed by atoms with Gasteiger partial charge in [-0.15, -0.1) is 0 Å². The topological polar surface area (TPSA) is 116 Å². The number of carboxylic acid groups (broad SMARTS) is 1. The molecule has 9 nitrogen and oxygen atoms in total. The summed E-state index contributed by atoms with van der Waals surface area (Å²) in [7, 11) is 0. The standard InChI is InChI=1S/C23H27BrN2O7/c1-4-9-32-18-8-7-16(12-19(18)30-5-2)23(29)26-25-13-15-10-17(24)22(33-14-21(27)28)20(11-15)31-6-3/h7-8,10-13H,4-6,9,14H2,1-3H3,(H,26,29)(H,27,28)/b25-13+. The minimum Gasteiger partial charge on any atom is -0.490 e. The van der Waals surface area contributed by atoms with Gasteiger partial charge in [-0.3, -0.25) is 4.79 Å². The van der Waals surface area contributed by atoms with E-state index in [-0.39, 0.29) is 5.75 Å². The summed E-state index contributed by atoms with van der Waals surface area (Å²) in [6.07, 6.45) is 2.30. The van der Waals surface area contributed by atoms with Gasteiger partial charge in [-0.05, 0) is 72.1 Å². The molecule has 0 aliphatic rings. The molecule has 0 atom stereocenters. The van der Waals surface area contributed by atoms with Crippen LogP contribution in [0.1, 0.15) is 43.1 Å². The summed E-state index contributed by atoms with van der Waals surface area (Å²) in [6, 6.07) is 8.24. The number of hydrogen-bond acceptors (Lipinski definition) is 7. The maximum atomic E-state index is 12.5. The van der Waals surface area contributed by atoms with Crippen LogP contribution in [-0.4, -0.2) is 49.6 Å². The zero-order valence-electron chi connectivity index (χ0n) is 18.7. The Bertz CT molecular complexity index is 995. The second-order valence-corrected chi connectivity index (χ2v) is 7.44. The van der Waals surface area contributed by atoms with Crippen molar-refractivity contribution in [1.82, 2.24) is 5.43 Å². The largest absolute Gasteiger partial charge is 0.490 e. The van der Waals surface area contributed by atoms with Crippen molar-refractivity contribution in [1.29, 1.82) is 0 Å². The number of nitrogens with zero attached hydrogens (tertiary/aromatic N) is 1. The van der Waals surface area contributed by atoms with E-state index in [0.29, 0.717) is 52.7 Å². The number of rotatable bonds is 13. The fourth-order valence-corrected chi connectivity index (χ4v) is 3.25. The van der Waals surface area contributed by atoms with Crippen LogP contribution < -0.4 is 24.4 Å². The Balaban J connectivity index is 2.14. The number of benzene rings is 2. The van der Waals surface area contributed by atoms with Crippen LogP contribution in [0, 0.1) is 0 Å². The average molecular weight is 523 g/mol. The van der Waals surface area contributed by atoms with Crippen LogP contribution in [0.15, 0.2) is 39.9 Å². The van der Waals surface area contributed by atoms with Crippen LogP contribution in [0.2, 0.25) is 0 Å². The Labute approximate surface area is 200 Å². The van der Waals surface area contributed by atoms with E-state index in [0.717, 1.165) is 6.42 Å². The highest BCUT2D eigenvalue weighted by atomic mass is 79.9. The number of carbonyl (C=O) groups excluding carboxylic acids is 1. The van der Waals surface area contributed by atoms with Gasteiger partial charge in [-0.2, -0.15) is 5.10 Å². The highest BCUT2D eigenvalue weighted by molar-refractivity contribution is 9.10. The molecule has 2 rings (SSSR count). The van der Waals surface area contributed by atoms with Gasteiger partial charge < -0.3 is 24.1 Å². The van der Waals surface area contributed by atoms with Crippen LogP contribution in [0.5, 0.6) is 23.0 Å². The monoisotopic (exact) mass is 522 g/mol. The van der Waals surface area contributed by atoms with Gasteiger partial charge in [0.15, 0.2) is 29.6 Å². The highest BCUT2D eigenvalue weighted by Crippen LogP contribution is 2.36. The van der Waals surface area contributed by atoms with E-state index < -0.39 is 18.5 Å². The van der Waals surface area contributed by atoms with Crippen LogP contribution in [-0.2, 0) is 4.79 Å². The van der Waals surface area contributed by atoms with Crippen LogP contribution in [0.4, 0.5) is 0 Å². The molecule has 0 aliphatic heterocycles. The molecule has 33 heavy (non-hydrogen) atoms. The Morgan fingerprint density at radius 1 is 1.00 bits per heavy atom. The molecule has 0 radical (unpaired) electrons. The number of carboxylic acids is 1. The van der Waals surface area contributed by atoms with Crippen LogP contribution in [0.3, 0.4) is 0 Å². The quantitative estimate of drug-likeness (QED) is 0.298. The highest BCUT2D eigenvalue weighted by Gasteiger charge is 2.14. The number of aliphatic carboxylic acids is 1. The van der Waals surface area contributed by atoms with Gasteiger partial charge in [0, 0.05) is 5.56 Å². The fraction of sp³-hybridized carbons (Fsp3) is 0.348. The summed E-state index contributed by atoms with van der Waals surface area (Å²) in [5, 5.41) is 12.9. The van der Waals surface area contributed by atoms with E-state index in [2.05, 4.69) is 26.5 Å². The summed E-state index contributed by atoms with van der Waals surface area (Å²) in [5.74, 6) is 0.177. The third-order valence-electron chi connectivity index (χ3n) is 4.02. The molecule has 178 valence electrons. The second kappa shape index (κ2) is 13.3. The van der Waals surface area contributed by atoms with Crippen molar-refractivity contribution < 1.29 is 33.6 Å². The van der Waals surface area contributed by atoms with Crippen molar-refractivity contribution >= 4 is 34.0 Å². The predicted octanol–water partition coefficient (Wildman–Crippen LogP) is 4.26. The van der Waals surface area contributed by atoms with Crippen molar-refractivity contribution in [3.8, 4) is 23.0 Å². The molecule has 0 heterocycles. The Morgan fingerprint density at radius 2 is 1.73 bits per heavy atom. The van der Waals surface area contributed by atoms with Gasteiger partial charge in [0.1, 0.15) is 0 Å². The van der Waals surface area contributed by atoms with Crippen molar-refractivity contribution in [3.63, 3.8) is 0 Å². The maximum Gasteiger partial charge on any atom is 0.341 e. The number of hydrazone groups is 1. The second-order valence-electron chi connectivity index (χ2n) is 6.59. The van der Waals surface area contributed by atoms with Crippen molar-refractivity contribution in [2.24, 2.45) is 5.10 Å². The molecule has 2 aromatic rings. The molecule has 10 heteroatoms. The Morgan fingerprint density at radius 3 is 2.39 bits per heavy atom. The summed E-state index contributed by atoms with van der Waals surface area (Å²) in [5.41, 5.74) is 3.45. The molecular formula is C23H27BrN2O7. The molecular weight excluding hydrogens is 496 g/mol. The lowest BCUT2D eigenvalue weighted by Gasteiger charge is -2.13. The first-order valence-electron chi connectivity index (χ1n) is 10.4. The molecule has 0 aliphatic carbocycles. The van der Waals surface area contributed by atoms with Crippen molar-refractivity contribution in [2.75, 3.05) is 26.4 Å². The molecule has 2 N–H and O–H groups in total. The van der Waals surface area contributed by atoms with Crippen molar-refractivity contribution in [3.05, 3.63) is 45.9 Å². The third kappa shape index (κ3) is 7.98. The average Bonchev–Trinajstić information content (AvgIpc) is 2.77. The van der Waals surface area contributed by atoms with E-state index in [1.54, 1.807) is 37.3 Å². The predicted molar refractivity (Wildman–Crippen MR) is 127 cm³/mol. The summed E-state index contributed by atoms with van der Waals surface area (Å²) >= 11 is 3.35. The van der Waals surface area contributed by atoms with Gasteiger partial charge in [0.05, 0.1) is 30.5 Å². The normalized spacial score (nSPS) is 10.7. The maximum absolute atomic E-state index is 12.5. The first-order chi connectivity index (χ1) is 15.9. The van der Waals surface area contributed by atoms with Gasteiger partial charge in [0.25, 0.3) is 5.91 Å². The summed E-state index contributed by atoms with van der Waals surface area (Å²) in [6.45, 7) is 6.50. The molecule has 0 spiro atoms. The number of ether oxygens (including phenoxy) is 4. The zero-order valence-corrected chi connectivity index (χ0v) is 20.3. The number of amides is 1. The number of halogens is 1. The Kier molecular flexibility index (Phi) is 10.5. The minimum absolute atomic E-state index is 0.272. The molecule has 2 aromatic carbocycles. The van der Waals surface area contributed by atoms with E-state index in [4.69, 9.17) is 24.1 Å². The lowest BCUT2D eigenvalue weighted by molar-refractivity contribution is -0.139. The molecule has 0 unspecified atom stereocenters. The summed E-state index contributed by atoms with van der Waals surface area (Å²) < 4.78 is 22.6. The first kappa shape index (κ1) is 26.0. The minimum atomic E-state index is -1.10. The SMILES string of the molecule is CCCOc1ccc(C(=O)N/N=C/c2cc(Br)c(OCC(=O)O)c(OCC)c2)cc1OCC. The van der Waals surface area contributed by atoms with Crippen molar-refractivity contribution in [2.45, 2.75) is 27.2 Å². The van der Waals surface area contributed by atoms with E-state index >= 15 is 0 Å². The third-order valence-corrected chi connectivity index (χ3v) is 4.61. The van der Waals surface area contributed by atoms with Gasteiger partial charge in [-0.25, -0.2) is 10.2 Å². The molecule has 1 amide bonds. The molecule has 0 fully saturated rings. The molecule has 0 saturated heterocycles. The number of nitrogens with one attached hydrogen (secondary N) is 1. The van der Waals surface area contributed by atoms with E-state index in [1.807, 2.05) is 13.8 Å². The van der Waals surface area contributed by atoms with Crippen LogP contribution in [0.25, 0.3) is 0 Å². The lowest BCUT2D eigenvalue weighted by Crippen LogP contribution is -2.18. The van der Waals surface area contributed by atoms with Gasteiger partial charge in [0.2, 0.25) is 0 Å². The molecule has 0 aromatic heterocycles. The summed E-state index contributed by atoms with van der Waals surface area (Å²) in [4.78, 5) is 23.3. The molecule has 0 saturated carbocycles.